The average Bonchev–Trinajstić information content (AvgIpc) is 2.27. The standard InChI is InChI=1S/C14H21NO2/c1-11-6-4-5-7-12(11)13(17)15-10-14(2,3)8-9-16/h4-7,16H,8-10H2,1-3H3,(H,15,17). The van der Waals surface area contributed by atoms with Crippen molar-refractivity contribution in [2.45, 2.75) is 27.2 Å². The Kier molecular flexibility index (Phi) is 4.70. The number of aliphatic hydroxyl groups excluding tert-OH is 1. The second-order valence-electron chi connectivity index (χ2n) is 5.14. The first kappa shape index (κ1) is 13.7. The van der Waals surface area contributed by atoms with Crippen LogP contribution in [-0.4, -0.2) is 24.2 Å². The van der Waals surface area contributed by atoms with Crippen molar-refractivity contribution in [2.24, 2.45) is 5.41 Å². The molecule has 0 saturated heterocycles. The number of carbonyl (C=O) groups is 1. The van der Waals surface area contributed by atoms with Crippen LogP contribution < -0.4 is 5.32 Å². The van der Waals surface area contributed by atoms with E-state index in [4.69, 9.17) is 5.11 Å². The van der Waals surface area contributed by atoms with Crippen LogP contribution >= 0.6 is 0 Å². The Morgan fingerprint density at radius 3 is 2.59 bits per heavy atom. The molecule has 0 aliphatic heterocycles. The zero-order chi connectivity index (χ0) is 12.9. The Balaban J connectivity index is 2.59. The maximum atomic E-state index is 11.9. The minimum Gasteiger partial charge on any atom is -0.396 e. The molecule has 1 rings (SSSR count). The first-order chi connectivity index (χ1) is 7.96. The molecule has 0 atom stereocenters. The van der Waals surface area contributed by atoms with Crippen molar-refractivity contribution < 1.29 is 9.90 Å². The average molecular weight is 235 g/mol. The molecule has 0 unspecified atom stereocenters. The van der Waals surface area contributed by atoms with Crippen LogP contribution in [0.1, 0.15) is 36.2 Å². The van der Waals surface area contributed by atoms with Gasteiger partial charge in [0.05, 0.1) is 0 Å². The molecule has 17 heavy (non-hydrogen) atoms. The maximum Gasteiger partial charge on any atom is 0.251 e. The minimum atomic E-state index is -0.0763. The number of hydrogen-bond acceptors (Lipinski definition) is 2. The van der Waals surface area contributed by atoms with Gasteiger partial charge in [0.2, 0.25) is 0 Å². The third-order valence-corrected chi connectivity index (χ3v) is 2.91. The van der Waals surface area contributed by atoms with Crippen molar-refractivity contribution >= 4 is 5.91 Å². The van der Waals surface area contributed by atoms with E-state index in [1.165, 1.54) is 0 Å². The number of aliphatic hydroxyl groups is 1. The van der Waals surface area contributed by atoms with Crippen LogP contribution in [0.15, 0.2) is 24.3 Å². The largest absolute Gasteiger partial charge is 0.396 e. The van der Waals surface area contributed by atoms with Gasteiger partial charge in [0.25, 0.3) is 5.91 Å². The van der Waals surface area contributed by atoms with Gasteiger partial charge in [-0.15, -0.1) is 0 Å². The lowest BCUT2D eigenvalue weighted by Gasteiger charge is -2.24. The number of amides is 1. The second-order valence-corrected chi connectivity index (χ2v) is 5.14. The number of nitrogens with one attached hydrogen (secondary N) is 1. The fraction of sp³-hybridized carbons (Fsp3) is 0.500. The summed E-state index contributed by atoms with van der Waals surface area (Å²) in [6, 6.07) is 7.53. The van der Waals surface area contributed by atoms with Crippen molar-refractivity contribution in [1.29, 1.82) is 0 Å². The summed E-state index contributed by atoms with van der Waals surface area (Å²) in [6.07, 6.45) is 0.682. The SMILES string of the molecule is Cc1ccccc1C(=O)NCC(C)(C)CCO. The molecule has 1 amide bonds. The molecule has 2 N–H and O–H groups in total. The van der Waals surface area contributed by atoms with Crippen molar-refractivity contribution in [3.05, 3.63) is 35.4 Å². The molecule has 1 aromatic carbocycles. The van der Waals surface area contributed by atoms with E-state index in [-0.39, 0.29) is 17.9 Å². The molecule has 0 aliphatic carbocycles. The summed E-state index contributed by atoms with van der Waals surface area (Å²) in [7, 11) is 0. The van der Waals surface area contributed by atoms with Gasteiger partial charge in [-0.25, -0.2) is 0 Å². The third kappa shape index (κ3) is 4.19. The zero-order valence-electron chi connectivity index (χ0n) is 10.8. The predicted molar refractivity (Wildman–Crippen MR) is 69.0 cm³/mol. The first-order valence-electron chi connectivity index (χ1n) is 5.91. The molecule has 0 bridgehead atoms. The number of hydrogen-bond donors (Lipinski definition) is 2. The Hall–Kier alpha value is -1.35. The maximum absolute atomic E-state index is 11.9. The summed E-state index contributed by atoms with van der Waals surface area (Å²) in [5, 5.41) is 11.8. The predicted octanol–water partition coefficient (Wildman–Crippen LogP) is 2.13. The van der Waals surface area contributed by atoms with Crippen molar-refractivity contribution in [3.63, 3.8) is 0 Å². The highest BCUT2D eigenvalue weighted by Crippen LogP contribution is 2.18. The van der Waals surface area contributed by atoms with Gasteiger partial charge in [0, 0.05) is 18.7 Å². The van der Waals surface area contributed by atoms with Gasteiger partial charge >= 0.3 is 0 Å². The summed E-state index contributed by atoms with van der Waals surface area (Å²) in [5.41, 5.74) is 1.62. The smallest absolute Gasteiger partial charge is 0.251 e. The van der Waals surface area contributed by atoms with E-state index in [0.29, 0.717) is 18.5 Å². The quantitative estimate of drug-likeness (QED) is 0.821. The van der Waals surface area contributed by atoms with E-state index in [0.717, 1.165) is 5.56 Å². The summed E-state index contributed by atoms with van der Waals surface area (Å²) in [4.78, 5) is 11.9. The molecule has 0 heterocycles. The summed E-state index contributed by atoms with van der Waals surface area (Å²) in [6.45, 7) is 6.70. The van der Waals surface area contributed by atoms with Crippen molar-refractivity contribution in [1.82, 2.24) is 5.32 Å². The molecule has 0 radical (unpaired) electrons. The highest BCUT2D eigenvalue weighted by molar-refractivity contribution is 5.95. The molecule has 1 aromatic rings. The Labute approximate surface area is 103 Å². The van der Waals surface area contributed by atoms with Crippen LogP contribution in [0, 0.1) is 12.3 Å². The molecular weight excluding hydrogens is 214 g/mol. The van der Waals surface area contributed by atoms with E-state index in [2.05, 4.69) is 5.32 Å². The van der Waals surface area contributed by atoms with Crippen LogP contribution in [0.4, 0.5) is 0 Å². The normalized spacial score (nSPS) is 11.3. The third-order valence-electron chi connectivity index (χ3n) is 2.91. The van der Waals surface area contributed by atoms with Crippen LogP contribution in [-0.2, 0) is 0 Å². The van der Waals surface area contributed by atoms with Gasteiger partial charge in [-0.2, -0.15) is 0 Å². The number of rotatable bonds is 5. The van der Waals surface area contributed by atoms with Gasteiger partial charge in [-0.1, -0.05) is 32.0 Å². The van der Waals surface area contributed by atoms with E-state index < -0.39 is 0 Å². The van der Waals surface area contributed by atoms with Crippen LogP contribution in [0.2, 0.25) is 0 Å². The van der Waals surface area contributed by atoms with E-state index in [1.807, 2.05) is 45.0 Å². The lowest BCUT2D eigenvalue weighted by molar-refractivity contribution is 0.0927. The molecule has 3 nitrogen and oxygen atoms in total. The molecular formula is C14H21NO2. The Bertz CT molecular complexity index is 386. The first-order valence-corrected chi connectivity index (χ1v) is 5.91. The van der Waals surface area contributed by atoms with E-state index in [9.17, 15) is 4.79 Å². The minimum absolute atomic E-state index is 0.0471. The fourth-order valence-electron chi connectivity index (χ4n) is 1.63. The summed E-state index contributed by atoms with van der Waals surface area (Å²) >= 11 is 0. The molecule has 0 aliphatic rings. The number of aryl methyl sites for hydroxylation is 1. The van der Waals surface area contributed by atoms with E-state index in [1.54, 1.807) is 0 Å². The molecule has 0 saturated carbocycles. The molecule has 94 valence electrons. The highest BCUT2D eigenvalue weighted by atomic mass is 16.3. The second kappa shape index (κ2) is 5.82. The highest BCUT2D eigenvalue weighted by Gasteiger charge is 2.18. The monoisotopic (exact) mass is 235 g/mol. The van der Waals surface area contributed by atoms with Crippen molar-refractivity contribution in [3.8, 4) is 0 Å². The van der Waals surface area contributed by atoms with Gasteiger partial charge < -0.3 is 10.4 Å². The molecule has 3 heteroatoms. The fourth-order valence-corrected chi connectivity index (χ4v) is 1.63. The molecule has 0 aromatic heterocycles. The zero-order valence-corrected chi connectivity index (χ0v) is 10.8. The summed E-state index contributed by atoms with van der Waals surface area (Å²) < 4.78 is 0. The molecule has 0 fully saturated rings. The number of carbonyl (C=O) groups excluding carboxylic acids is 1. The van der Waals surface area contributed by atoms with Gasteiger partial charge in [0.15, 0.2) is 0 Å². The Morgan fingerprint density at radius 2 is 2.00 bits per heavy atom. The van der Waals surface area contributed by atoms with E-state index >= 15 is 0 Å². The summed E-state index contributed by atoms with van der Waals surface area (Å²) in [5.74, 6) is -0.0471. The topological polar surface area (TPSA) is 49.3 Å². The lowest BCUT2D eigenvalue weighted by atomic mass is 9.89. The van der Waals surface area contributed by atoms with Crippen LogP contribution in [0.25, 0.3) is 0 Å². The van der Waals surface area contributed by atoms with Crippen molar-refractivity contribution in [2.75, 3.05) is 13.2 Å². The lowest BCUT2D eigenvalue weighted by Crippen LogP contribution is -2.34. The van der Waals surface area contributed by atoms with Gasteiger partial charge in [-0.05, 0) is 30.4 Å². The van der Waals surface area contributed by atoms with Crippen LogP contribution in [0.5, 0.6) is 0 Å². The number of benzene rings is 1. The van der Waals surface area contributed by atoms with Gasteiger partial charge in [-0.3, -0.25) is 4.79 Å². The van der Waals surface area contributed by atoms with Gasteiger partial charge in [0.1, 0.15) is 0 Å². The Morgan fingerprint density at radius 1 is 1.35 bits per heavy atom. The molecule has 0 spiro atoms. The van der Waals surface area contributed by atoms with Crippen LogP contribution in [0.3, 0.4) is 0 Å².